The topological polar surface area (TPSA) is 12.0 Å². The normalized spacial score (nSPS) is 12.0. The molecule has 0 aliphatic heterocycles. The molecule has 1 nitrogen and oxygen atoms in total. The first kappa shape index (κ1) is 9.04. The molecule has 0 fully saturated rings. The summed E-state index contributed by atoms with van der Waals surface area (Å²) in [5, 5.41) is 3.22. The van der Waals surface area contributed by atoms with E-state index in [1.807, 2.05) is 13.1 Å². The van der Waals surface area contributed by atoms with Gasteiger partial charge in [0.05, 0.1) is 4.34 Å². The largest absolute Gasteiger partial charge is 0.310 e. The van der Waals surface area contributed by atoms with Crippen LogP contribution in [0.5, 0.6) is 0 Å². The molecule has 1 N–H and O–H groups in total. The second-order valence-corrected chi connectivity index (χ2v) is 4.69. The van der Waals surface area contributed by atoms with Crippen molar-refractivity contribution in [2.24, 2.45) is 0 Å². The van der Waals surface area contributed by atoms with E-state index in [-0.39, 0.29) is 5.54 Å². The summed E-state index contributed by atoms with van der Waals surface area (Å²) >= 11 is 7.44. The molecule has 0 spiro atoms. The Hall–Kier alpha value is -0.0500. The standard InChI is InChI=1S/C8H12ClNS/c1-8(2,10-3)6-4-5-7(9)11-6/h4-5,10H,1-3H3. The predicted octanol–water partition coefficient (Wildman–Crippen LogP) is 2.86. The molecule has 0 bridgehead atoms. The molecule has 62 valence electrons. The third-order valence-electron chi connectivity index (χ3n) is 1.81. The Bertz CT molecular complexity index is 242. The molecule has 0 amide bonds. The van der Waals surface area contributed by atoms with Crippen LogP contribution in [-0.4, -0.2) is 7.05 Å². The SMILES string of the molecule is CNC(C)(C)c1ccc(Cl)s1. The first-order chi connectivity index (χ1) is 5.06. The fraction of sp³-hybridized carbons (Fsp3) is 0.500. The molecule has 1 aromatic rings. The third-order valence-corrected chi connectivity index (χ3v) is 3.37. The average Bonchev–Trinajstić information content (AvgIpc) is 2.36. The molecule has 0 unspecified atom stereocenters. The third kappa shape index (κ3) is 1.95. The monoisotopic (exact) mass is 189 g/mol. The second kappa shape index (κ2) is 3.13. The Balaban J connectivity index is 2.92. The van der Waals surface area contributed by atoms with Crippen LogP contribution >= 0.6 is 22.9 Å². The summed E-state index contributed by atoms with van der Waals surface area (Å²) in [4.78, 5) is 1.27. The molecule has 0 aliphatic rings. The maximum Gasteiger partial charge on any atom is 0.0931 e. The van der Waals surface area contributed by atoms with Gasteiger partial charge in [-0.2, -0.15) is 0 Å². The van der Waals surface area contributed by atoms with Gasteiger partial charge in [-0.05, 0) is 33.0 Å². The number of hydrogen-bond donors (Lipinski definition) is 1. The van der Waals surface area contributed by atoms with Gasteiger partial charge in [0.2, 0.25) is 0 Å². The number of rotatable bonds is 2. The van der Waals surface area contributed by atoms with E-state index in [1.54, 1.807) is 11.3 Å². The van der Waals surface area contributed by atoms with Crippen LogP contribution in [0.4, 0.5) is 0 Å². The molecule has 0 aliphatic carbocycles. The minimum Gasteiger partial charge on any atom is -0.310 e. The Morgan fingerprint density at radius 1 is 1.45 bits per heavy atom. The van der Waals surface area contributed by atoms with Crippen LogP contribution in [-0.2, 0) is 5.54 Å². The zero-order valence-electron chi connectivity index (χ0n) is 6.94. The van der Waals surface area contributed by atoms with Crippen molar-refractivity contribution < 1.29 is 0 Å². The average molecular weight is 190 g/mol. The lowest BCUT2D eigenvalue weighted by atomic mass is 10.0. The lowest BCUT2D eigenvalue weighted by molar-refractivity contribution is 0.454. The second-order valence-electron chi connectivity index (χ2n) is 2.98. The van der Waals surface area contributed by atoms with E-state index in [1.165, 1.54) is 4.88 Å². The Morgan fingerprint density at radius 3 is 2.45 bits per heavy atom. The summed E-state index contributed by atoms with van der Waals surface area (Å²) in [6, 6.07) is 3.99. The zero-order chi connectivity index (χ0) is 8.48. The van der Waals surface area contributed by atoms with Crippen molar-refractivity contribution in [3.8, 4) is 0 Å². The molecule has 1 heterocycles. The zero-order valence-corrected chi connectivity index (χ0v) is 8.51. The molecular weight excluding hydrogens is 178 g/mol. The van der Waals surface area contributed by atoms with E-state index in [0.717, 1.165) is 4.34 Å². The van der Waals surface area contributed by atoms with E-state index in [2.05, 4.69) is 25.2 Å². The summed E-state index contributed by atoms with van der Waals surface area (Å²) in [6.45, 7) is 4.27. The molecule has 3 heteroatoms. The van der Waals surface area contributed by atoms with Crippen LogP contribution in [0.25, 0.3) is 0 Å². The fourth-order valence-electron chi connectivity index (χ4n) is 0.773. The molecule has 0 radical (unpaired) electrons. The van der Waals surface area contributed by atoms with E-state index in [0.29, 0.717) is 0 Å². The van der Waals surface area contributed by atoms with Gasteiger partial charge in [-0.15, -0.1) is 11.3 Å². The van der Waals surface area contributed by atoms with Crippen molar-refractivity contribution in [1.82, 2.24) is 5.32 Å². The van der Waals surface area contributed by atoms with Crippen LogP contribution in [0.1, 0.15) is 18.7 Å². The van der Waals surface area contributed by atoms with E-state index in [9.17, 15) is 0 Å². The predicted molar refractivity (Wildman–Crippen MR) is 51.4 cm³/mol. The Kier molecular flexibility index (Phi) is 2.58. The van der Waals surface area contributed by atoms with Crippen LogP contribution in [0, 0.1) is 0 Å². The van der Waals surface area contributed by atoms with Crippen molar-refractivity contribution in [3.63, 3.8) is 0 Å². The molecule has 1 aromatic heterocycles. The van der Waals surface area contributed by atoms with Gasteiger partial charge in [0, 0.05) is 10.4 Å². The highest BCUT2D eigenvalue weighted by Gasteiger charge is 2.19. The molecule has 0 aromatic carbocycles. The highest BCUT2D eigenvalue weighted by molar-refractivity contribution is 7.16. The van der Waals surface area contributed by atoms with E-state index in [4.69, 9.17) is 11.6 Å². The number of nitrogens with one attached hydrogen (secondary N) is 1. The summed E-state index contributed by atoms with van der Waals surface area (Å²) in [6.07, 6.45) is 0. The van der Waals surface area contributed by atoms with Gasteiger partial charge in [-0.1, -0.05) is 11.6 Å². The molecule has 0 saturated heterocycles. The summed E-state index contributed by atoms with van der Waals surface area (Å²) in [7, 11) is 1.95. The van der Waals surface area contributed by atoms with E-state index >= 15 is 0 Å². The van der Waals surface area contributed by atoms with Crippen LogP contribution in [0.3, 0.4) is 0 Å². The highest BCUT2D eigenvalue weighted by Crippen LogP contribution is 2.29. The van der Waals surface area contributed by atoms with Gasteiger partial charge in [-0.25, -0.2) is 0 Å². The van der Waals surface area contributed by atoms with Crippen molar-refractivity contribution in [3.05, 3.63) is 21.3 Å². The summed E-state index contributed by atoms with van der Waals surface area (Å²) in [5.41, 5.74) is 0.0395. The van der Waals surface area contributed by atoms with Gasteiger partial charge in [-0.3, -0.25) is 0 Å². The number of thiophene rings is 1. The molecular formula is C8H12ClNS. The van der Waals surface area contributed by atoms with Crippen LogP contribution < -0.4 is 5.32 Å². The molecule has 1 rings (SSSR count). The van der Waals surface area contributed by atoms with Crippen molar-refractivity contribution in [1.29, 1.82) is 0 Å². The molecule has 0 atom stereocenters. The summed E-state index contributed by atoms with van der Waals surface area (Å²) < 4.78 is 0.850. The minimum absolute atomic E-state index is 0.0395. The number of halogens is 1. The number of hydrogen-bond acceptors (Lipinski definition) is 2. The van der Waals surface area contributed by atoms with Gasteiger partial charge in [0.15, 0.2) is 0 Å². The fourth-order valence-corrected chi connectivity index (χ4v) is 1.93. The maximum atomic E-state index is 5.81. The first-order valence-electron chi connectivity index (χ1n) is 3.51. The molecule has 11 heavy (non-hydrogen) atoms. The maximum absolute atomic E-state index is 5.81. The molecule has 0 saturated carbocycles. The Labute approximate surface area is 76.4 Å². The minimum atomic E-state index is 0.0395. The van der Waals surface area contributed by atoms with Crippen molar-refractivity contribution in [2.45, 2.75) is 19.4 Å². The highest BCUT2D eigenvalue weighted by atomic mass is 35.5. The Morgan fingerprint density at radius 2 is 2.09 bits per heavy atom. The van der Waals surface area contributed by atoms with Crippen LogP contribution in [0.2, 0.25) is 4.34 Å². The lowest BCUT2D eigenvalue weighted by Crippen LogP contribution is -2.31. The van der Waals surface area contributed by atoms with Crippen LogP contribution in [0.15, 0.2) is 12.1 Å². The van der Waals surface area contributed by atoms with Gasteiger partial charge in [0.25, 0.3) is 0 Å². The summed E-state index contributed by atoms with van der Waals surface area (Å²) in [5.74, 6) is 0. The quantitative estimate of drug-likeness (QED) is 0.755. The lowest BCUT2D eigenvalue weighted by Gasteiger charge is -2.21. The van der Waals surface area contributed by atoms with Gasteiger partial charge < -0.3 is 5.32 Å². The van der Waals surface area contributed by atoms with Crippen molar-refractivity contribution >= 4 is 22.9 Å². The first-order valence-corrected chi connectivity index (χ1v) is 4.70. The van der Waals surface area contributed by atoms with Crippen molar-refractivity contribution in [2.75, 3.05) is 7.05 Å². The van der Waals surface area contributed by atoms with Gasteiger partial charge >= 0.3 is 0 Å². The smallest absolute Gasteiger partial charge is 0.0931 e. The van der Waals surface area contributed by atoms with E-state index < -0.39 is 0 Å². The van der Waals surface area contributed by atoms with Gasteiger partial charge in [0.1, 0.15) is 0 Å².